The first kappa shape index (κ1) is 18.2. The smallest absolute Gasteiger partial charge is 0.224 e. The summed E-state index contributed by atoms with van der Waals surface area (Å²) >= 11 is 0. The molecule has 2 aromatic heterocycles. The van der Waals surface area contributed by atoms with Gasteiger partial charge < -0.3 is 14.8 Å². The van der Waals surface area contributed by atoms with Crippen molar-refractivity contribution >= 4 is 17.4 Å². The second kappa shape index (κ2) is 7.11. The third kappa shape index (κ3) is 3.38. The van der Waals surface area contributed by atoms with Crippen molar-refractivity contribution in [2.45, 2.75) is 46.2 Å². The SMILES string of the molecule is CC(=O)N1c2ccc(-n3cnc(C)c3)cc2C(Nc2ccc(C)cn2)CC1C. The summed E-state index contributed by atoms with van der Waals surface area (Å²) in [5.41, 5.74) is 5.18. The second-order valence-corrected chi connectivity index (χ2v) is 7.56. The average Bonchev–Trinajstić information content (AvgIpc) is 3.09. The van der Waals surface area contributed by atoms with E-state index in [9.17, 15) is 4.79 Å². The molecule has 0 saturated heterocycles. The topological polar surface area (TPSA) is 63.1 Å². The van der Waals surface area contributed by atoms with Crippen LogP contribution in [0, 0.1) is 13.8 Å². The van der Waals surface area contributed by atoms with Gasteiger partial charge in [-0.05, 0) is 57.0 Å². The third-order valence-electron chi connectivity index (χ3n) is 5.25. The quantitative estimate of drug-likeness (QED) is 0.746. The van der Waals surface area contributed by atoms with Crippen LogP contribution >= 0.6 is 0 Å². The zero-order valence-electron chi connectivity index (χ0n) is 16.7. The van der Waals surface area contributed by atoms with E-state index >= 15 is 0 Å². The number of aromatic nitrogens is 3. The van der Waals surface area contributed by atoms with Crippen molar-refractivity contribution < 1.29 is 4.79 Å². The number of fused-ring (bicyclic) bond motifs is 1. The van der Waals surface area contributed by atoms with Crippen LogP contribution in [-0.2, 0) is 4.79 Å². The predicted molar refractivity (Wildman–Crippen MR) is 111 cm³/mol. The molecule has 28 heavy (non-hydrogen) atoms. The number of rotatable bonds is 3. The number of nitrogens with zero attached hydrogens (tertiary/aromatic N) is 4. The van der Waals surface area contributed by atoms with Crippen LogP contribution in [0.3, 0.4) is 0 Å². The molecule has 1 aliphatic rings. The number of hydrogen-bond acceptors (Lipinski definition) is 4. The maximum absolute atomic E-state index is 12.3. The summed E-state index contributed by atoms with van der Waals surface area (Å²) < 4.78 is 2.01. The van der Waals surface area contributed by atoms with E-state index in [4.69, 9.17) is 0 Å². The summed E-state index contributed by atoms with van der Waals surface area (Å²) in [7, 11) is 0. The van der Waals surface area contributed by atoms with Crippen molar-refractivity contribution in [3.8, 4) is 5.69 Å². The van der Waals surface area contributed by atoms with Crippen molar-refractivity contribution in [1.29, 1.82) is 0 Å². The van der Waals surface area contributed by atoms with Gasteiger partial charge >= 0.3 is 0 Å². The Labute approximate surface area is 165 Å². The van der Waals surface area contributed by atoms with Crippen LogP contribution in [-0.4, -0.2) is 26.5 Å². The molecule has 6 heteroatoms. The maximum atomic E-state index is 12.3. The molecular weight excluding hydrogens is 350 g/mol. The first-order chi connectivity index (χ1) is 13.4. The molecule has 0 radical (unpaired) electrons. The number of benzene rings is 1. The van der Waals surface area contributed by atoms with Crippen LogP contribution in [0.1, 0.15) is 43.1 Å². The number of pyridine rings is 1. The summed E-state index contributed by atoms with van der Waals surface area (Å²) in [6.45, 7) is 7.72. The van der Waals surface area contributed by atoms with Crippen molar-refractivity contribution in [3.05, 3.63) is 65.9 Å². The van der Waals surface area contributed by atoms with Gasteiger partial charge in [0.1, 0.15) is 5.82 Å². The minimum atomic E-state index is 0.0619. The number of imidazole rings is 1. The third-order valence-corrected chi connectivity index (χ3v) is 5.25. The first-order valence-electron chi connectivity index (χ1n) is 9.56. The minimum Gasteiger partial charge on any atom is -0.363 e. The fourth-order valence-corrected chi connectivity index (χ4v) is 3.92. The molecule has 6 nitrogen and oxygen atoms in total. The van der Waals surface area contributed by atoms with Crippen molar-refractivity contribution in [2.75, 3.05) is 10.2 Å². The largest absolute Gasteiger partial charge is 0.363 e. The molecule has 2 unspecified atom stereocenters. The molecule has 0 spiro atoms. The Bertz CT molecular complexity index is 1010. The molecule has 144 valence electrons. The van der Waals surface area contributed by atoms with Gasteiger partial charge in [-0.25, -0.2) is 9.97 Å². The Morgan fingerprint density at radius 1 is 1.18 bits per heavy atom. The van der Waals surface area contributed by atoms with E-state index in [0.717, 1.165) is 40.4 Å². The predicted octanol–water partition coefficient (Wildman–Crippen LogP) is 4.18. The Hall–Kier alpha value is -3.15. The molecular formula is C22H25N5O. The molecule has 0 bridgehead atoms. The fraction of sp³-hybridized carbons (Fsp3) is 0.318. The van der Waals surface area contributed by atoms with E-state index in [1.54, 1.807) is 6.92 Å². The van der Waals surface area contributed by atoms with Gasteiger partial charge in [0.15, 0.2) is 0 Å². The highest BCUT2D eigenvalue weighted by Crippen LogP contribution is 2.40. The number of carbonyl (C=O) groups is 1. The molecule has 1 aromatic carbocycles. The van der Waals surface area contributed by atoms with Crippen molar-refractivity contribution in [1.82, 2.24) is 14.5 Å². The molecule has 4 rings (SSSR count). The standard InChI is InChI=1S/C22H25N5O/c1-14-5-8-22(23-11-14)25-20-9-16(3)27(17(4)28)21-7-6-18(10-19(20)21)26-12-15(2)24-13-26/h5-8,10-13,16,20H,9H2,1-4H3,(H,23,25). The van der Waals surface area contributed by atoms with Crippen LogP contribution < -0.4 is 10.2 Å². The number of aryl methyl sites for hydroxylation is 2. The lowest BCUT2D eigenvalue weighted by Gasteiger charge is -2.39. The van der Waals surface area contributed by atoms with Crippen LogP contribution in [0.25, 0.3) is 5.69 Å². The summed E-state index contributed by atoms with van der Waals surface area (Å²) in [6.07, 6.45) is 6.49. The molecule has 0 fully saturated rings. The highest BCUT2D eigenvalue weighted by Gasteiger charge is 2.32. The number of nitrogens with one attached hydrogen (secondary N) is 1. The molecule has 1 aliphatic heterocycles. The molecule has 1 amide bonds. The van der Waals surface area contributed by atoms with Gasteiger partial charge in [0.05, 0.1) is 18.1 Å². The Morgan fingerprint density at radius 3 is 2.64 bits per heavy atom. The number of anilines is 2. The Balaban J connectivity index is 1.77. The second-order valence-electron chi connectivity index (χ2n) is 7.56. The highest BCUT2D eigenvalue weighted by atomic mass is 16.2. The van der Waals surface area contributed by atoms with Gasteiger partial charge in [-0.1, -0.05) is 6.07 Å². The number of amides is 1. The molecule has 0 aliphatic carbocycles. The molecule has 3 heterocycles. The van der Waals surface area contributed by atoms with Gasteiger partial charge in [0.25, 0.3) is 0 Å². The lowest BCUT2D eigenvalue weighted by atomic mass is 9.91. The number of hydrogen-bond donors (Lipinski definition) is 1. The van der Waals surface area contributed by atoms with E-state index < -0.39 is 0 Å². The van der Waals surface area contributed by atoms with Gasteiger partial charge in [0, 0.05) is 42.3 Å². The van der Waals surface area contributed by atoms with Gasteiger partial charge in [-0.15, -0.1) is 0 Å². The van der Waals surface area contributed by atoms with E-state index in [2.05, 4.69) is 34.3 Å². The van der Waals surface area contributed by atoms with E-state index in [-0.39, 0.29) is 18.0 Å². The normalized spacial score (nSPS) is 18.6. The zero-order chi connectivity index (χ0) is 19.8. The lowest BCUT2D eigenvalue weighted by Crippen LogP contribution is -2.43. The van der Waals surface area contributed by atoms with Crippen LogP contribution in [0.5, 0.6) is 0 Å². The van der Waals surface area contributed by atoms with E-state index in [1.165, 1.54) is 0 Å². The van der Waals surface area contributed by atoms with Gasteiger partial charge in [-0.3, -0.25) is 4.79 Å². The first-order valence-corrected chi connectivity index (χ1v) is 9.56. The molecule has 1 N–H and O–H groups in total. The fourth-order valence-electron chi connectivity index (χ4n) is 3.92. The van der Waals surface area contributed by atoms with Crippen molar-refractivity contribution in [3.63, 3.8) is 0 Å². The zero-order valence-corrected chi connectivity index (χ0v) is 16.7. The summed E-state index contributed by atoms with van der Waals surface area (Å²) in [5.74, 6) is 0.904. The summed E-state index contributed by atoms with van der Waals surface area (Å²) in [5, 5.41) is 3.56. The Kier molecular flexibility index (Phi) is 4.63. The van der Waals surface area contributed by atoms with Gasteiger partial charge in [0.2, 0.25) is 5.91 Å². The summed E-state index contributed by atoms with van der Waals surface area (Å²) in [6, 6.07) is 10.4. The molecule has 0 saturated carbocycles. The van der Waals surface area contributed by atoms with Crippen LogP contribution in [0.2, 0.25) is 0 Å². The average molecular weight is 375 g/mol. The van der Waals surface area contributed by atoms with Crippen LogP contribution in [0.15, 0.2) is 49.1 Å². The number of carbonyl (C=O) groups excluding carboxylic acids is 1. The van der Waals surface area contributed by atoms with E-state index in [1.807, 2.05) is 60.2 Å². The lowest BCUT2D eigenvalue weighted by molar-refractivity contribution is -0.117. The van der Waals surface area contributed by atoms with Crippen molar-refractivity contribution in [2.24, 2.45) is 0 Å². The van der Waals surface area contributed by atoms with Gasteiger partial charge in [-0.2, -0.15) is 0 Å². The molecule has 3 aromatic rings. The van der Waals surface area contributed by atoms with Crippen LogP contribution in [0.4, 0.5) is 11.5 Å². The maximum Gasteiger partial charge on any atom is 0.224 e. The summed E-state index contributed by atoms with van der Waals surface area (Å²) in [4.78, 5) is 23.0. The van der Waals surface area contributed by atoms with E-state index in [0.29, 0.717) is 0 Å². The minimum absolute atomic E-state index is 0.0619. The molecule has 2 atom stereocenters. The highest BCUT2D eigenvalue weighted by molar-refractivity contribution is 5.94. The monoisotopic (exact) mass is 375 g/mol. The Morgan fingerprint density at radius 2 is 2.00 bits per heavy atom.